The quantitative estimate of drug-likeness (QED) is 0.797. The van der Waals surface area contributed by atoms with Gasteiger partial charge in [-0.1, -0.05) is 6.92 Å². The predicted octanol–water partition coefficient (Wildman–Crippen LogP) is 0.722. The molecule has 0 saturated carbocycles. The van der Waals surface area contributed by atoms with Crippen LogP contribution in [0.25, 0.3) is 0 Å². The molecular formula is C13H23N5O2. The lowest BCUT2D eigenvalue weighted by atomic mass is 10.3. The summed E-state index contributed by atoms with van der Waals surface area (Å²) in [6, 6.07) is 0. The molecular weight excluding hydrogens is 258 g/mol. The third-order valence-electron chi connectivity index (χ3n) is 3.27. The first kappa shape index (κ1) is 14.9. The van der Waals surface area contributed by atoms with Crippen molar-refractivity contribution in [2.45, 2.75) is 45.7 Å². The van der Waals surface area contributed by atoms with Crippen LogP contribution in [0, 0.1) is 0 Å². The van der Waals surface area contributed by atoms with Gasteiger partial charge in [-0.3, -0.25) is 9.63 Å². The summed E-state index contributed by atoms with van der Waals surface area (Å²) in [7, 11) is 0. The van der Waals surface area contributed by atoms with Crippen molar-refractivity contribution < 1.29 is 9.63 Å². The molecule has 112 valence electrons. The molecule has 1 fully saturated rings. The van der Waals surface area contributed by atoms with E-state index in [1.165, 1.54) is 0 Å². The van der Waals surface area contributed by atoms with Gasteiger partial charge in [0.05, 0.1) is 13.2 Å². The second kappa shape index (κ2) is 7.96. The fourth-order valence-corrected chi connectivity index (χ4v) is 2.16. The number of aryl methyl sites for hydroxylation is 1. The molecule has 2 rings (SSSR count). The highest BCUT2D eigenvalue weighted by molar-refractivity contribution is 5.75. The molecule has 1 N–H and O–H groups in total. The summed E-state index contributed by atoms with van der Waals surface area (Å²) in [5.41, 5.74) is 0. The molecule has 0 aliphatic carbocycles. The Morgan fingerprint density at radius 1 is 1.45 bits per heavy atom. The number of rotatable bonds is 7. The van der Waals surface area contributed by atoms with Gasteiger partial charge in [0, 0.05) is 26.1 Å². The minimum atomic E-state index is 0.0187. The molecule has 0 unspecified atom stereocenters. The lowest BCUT2D eigenvalue weighted by Gasteiger charge is -2.25. The molecule has 0 aromatic carbocycles. The monoisotopic (exact) mass is 281 g/mol. The van der Waals surface area contributed by atoms with E-state index in [0.717, 1.165) is 44.8 Å². The maximum atomic E-state index is 11.8. The van der Waals surface area contributed by atoms with E-state index < -0.39 is 0 Å². The van der Waals surface area contributed by atoms with E-state index in [2.05, 4.69) is 22.4 Å². The van der Waals surface area contributed by atoms with Crippen molar-refractivity contribution in [3.63, 3.8) is 0 Å². The molecule has 1 amide bonds. The summed E-state index contributed by atoms with van der Waals surface area (Å²) in [4.78, 5) is 17.3. The van der Waals surface area contributed by atoms with Crippen LogP contribution in [0.4, 0.5) is 0 Å². The SMILES string of the molecule is CCCn1cnnc1CNC(=O)CCN1CCCCO1. The summed E-state index contributed by atoms with van der Waals surface area (Å²) in [6.07, 6.45) is 5.41. The van der Waals surface area contributed by atoms with E-state index in [4.69, 9.17) is 4.84 Å². The van der Waals surface area contributed by atoms with Gasteiger partial charge in [-0.05, 0) is 19.3 Å². The summed E-state index contributed by atoms with van der Waals surface area (Å²) < 4.78 is 1.97. The van der Waals surface area contributed by atoms with Crippen LogP contribution >= 0.6 is 0 Å². The molecule has 1 aromatic heterocycles. The molecule has 1 saturated heterocycles. The molecule has 1 aliphatic heterocycles. The Kier molecular flexibility index (Phi) is 5.94. The van der Waals surface area contributed by atoms with Crippen LogP contribution < -0.4 is 5.32 Å². The molecule has 1 aromatic rings. The topological polar surface area (TPSA) is 72.3 Å². The van der Waals surface area contributed by atoms with Gasteiger partial charge in [-0.2, -0.15) is 5.06 Å². The van der Waals surface area contributed by atoms with Gasteiger partial charge in [0.1, 0.15) is 6.33 Å². The minimum absolute atomic E-state index is 0.0187. The average molecular weight is 281 g/mol. The standard InChI is InChI=1S/C13H23N5O2/c1-2-6-17-11-15-16-12(17)10-14-13(19)5-8-18-7-3-4-9-20-18/h11H,2-10H2,1H3,(H,14,19). The number of hydrogen-bond donors (Lipinski definition) is 1. The van der Waals surface area contributed by atoms with Crippen LogP contribution in [0.5, 0.6) is 0 Å². The third-order valence-corrected chi connectivity index (χ3v) is 3.27. The average Bonchev–Trinajstić information content (AvgIpc) is 2.92. The van der Waals surface area contributed by atoms with Crippen LogP contribution in [0.3, 0.4) is 0 Å². The van der Waals surface area contributed by atoms with Crippen molar-refractivity contribution in [3.05, 3.63) is 12.2 Å². The van der Waals surface area contributed by atoms with Crippen molar-refractivity contribution in [1.82, 2.24) is 25.1 Å². The highest BCUT2D eigenvalue weighted by Gasteiger charge is 2.13. The van der Waals surface area contributed by atoms with E-state index in [9.17, 15) is 4.79 Å². The Bertz CT molecular complexity index is 415. The molecule has 0 radical (unpaired) electrons. The maximum Gasteiger partial charge on any atom is 0.221 e. The normalized spacial score (nSPS) is 16.2. The highest BCUT2D eigenvalue weighted by Crippen LogP contribution is 2.06. The summed E-state index contributed by atoms with van der Waals surface area (Å²) in [6.45, 7) is 5.73. The van der Waals surface area contributed by atoms with E-state index in [-0.39, 0.29) is 5.91 Å². The number of aromatic nitrogens is 3. The van der Waals surface area contributed by atoms with Crippen molar-refractivity contribution in [2.75, 3.05) is 19.7 Å². The van der Waals surface area contributed by atoms with E-state index in [1.807, 2.05) is 9.63 Å². The first-order valence-corrected chi connectivity index (χ1v) is 7.31. The van der Waals surface area contributed by atoms with Gasteiger partial charge in [0.15, 0.2) is 5.82 Å². The minimum Gasteiger partial charge on any atom is -0.349 e. The Labute approximate surface area is 119 Å². The molecule has 7 nitrogen and oxygen atoms in total. The van der Waals surface area contributed by atoms with Gasteiger partial charge in [0.25, 0.3) is 0 Å². The Hall–Kier alpha value is -1.47. The molecule has 20 heavy (non-hydrogen) atoms. The third kappa shape index (κ3) is 4.57. The summed E-state index contributed by atoms with van der Waals surface area (Å²) in [5, 5.41) is 12.6. The molecule has 7 heteroatoms. The van der Waals surface area contributed by atoms with Crippen LogP contribution in [-0.4, -0.2) is 45.4 Å². The number of carbonyl (C=O) groups is 1. The summed E-state index contributed by atoms with van der Waals surface area (Å²) >= 11 is 0. The zero-order chi connectivity index (χ0) is 14.2. The number of carbonyl (C=O) groups excluding carboxylic acids is 1. The predicted molar refractivity (Wildman–Crippen MR) is 73.5 cm³/mol. The van der Waals surface area contributed by atoms with Crippen molar-refractivity contribution in [3.8, 4) is 0 Å². The zero-order valence-electron chi connectivity index (χ0n) is 12.0. The van der Waals surface area contributed by atoms with Gasteiger partial charge in [-0.15, -0.1) is 10.2 Å². The van der Waals surface area contributed by atoms with Crippen molar-refractivity contribution in [1.29, 1.82) is 0 Å². The van der Waals surface area contributed by atoms with Crippen molar-refractivity contribution >= 4 is 5.91 Å². The fourth-order valence-electron chi connectivity index (χ4n) is 2.16. The smallest absolute Gasteiger partial charge is 0.221 e. The fraction of sp³-hybridized carbons (Fsp3) is 0.769. The second-order valence-electron chi connectivity index (χ2n) is 4.94. The number of nitrogens with zero attached hydrogens (tertiary/aromatic N) is 4. The zero-order valence-corrected chi connectivity index (χ0v) is 12.0. The van der Waals surface area contributed by atoms with E-state index in [1.54, 1.807) is 6.33 Å². The van der Waals surface area contributed by atoms with Crippen molar-refractivity contribution in [2.24, 2.45) is 0 Å². The number of hydrogen-bond acceptors (Lipinski definition) is 5. The lowest BCUT2D eigenvalue weighted by molar-refractivity contribution is -0.181. The first-order chi connectivity index (χ1) is 9.79. The van der Waals surface area contributed by atoms with Gasteiger partial charge >= 0.3 is 0 Å². The molecule has 1 aliphatic rings. The Balaban J connectivity index is 1.67. The Morgan fingerprint density at radius 3 is 3.10 bits per heavy atom. The van der Waals surface area contributed by atoms with Crippen LogP contribution in [0.2, 0.25) is 0 Å². The van der Waals surface area contributed by atoms with Crippen LogP contribution in [0.1, 0.15) is 38.4 Å². The van der Waals surface area contributed by atoms with E-state index >= 15 is 0 Å². The largest absolute Gasteiger partial charge is 0.349 e. The Morgan fingerprint density at radius 2 is 2.35 bits per heavy atom. The maximum absolute atomic E-state index is 11.8. The first-order valence-electron chi connectivity index (χ1n) is 7.31. The van der Waals surface area contributed by atoms with Gasteiger partial charge < -0.3 is 9.88 Å². The number of hydroxylamine groups is 2. The number of amides is 1. The molecule has 0 spiro atoms. The number of nitrogens with one attached hydrogen (secondary N) is 1. The highest BCUT2D eigenvalue weighted by atomic mass is 16.7. The van der Waals surface area contributed by atoms with Crippen LogP contribution in [0.15, 0.2) is 6.33 Å². The second-order valence-corrected chi connectivity index (χ2v) is 4.94. The van der Waals surface area contributed by atoms with E-state index in [0.29, 0.717) is 19.5 Å². The molecule has 2 heterocycles. The lowest BCUT2D eigenvalue weighted by Crippen LogP contribution is -2.34. The van der Waals surface area contributed by atoms with Gasteiger partial charge in [-0.25, -0.2) is 0 Å². The van der Waals surface area contributed by atoms with Crippen LogP contribution in [-0.2, 0) is 22.7 Å². The molecule has 0 atom stereocenters. The summed E-state index contributed by atoms with van der Waals surface area (Å²) in [5.74, 6) is 0.819. The molecule has 0 bridgehead atoms. The van der Waals surface area contributed by atoms with Gasteiger partial charge in [0.2, 0.25) is 5.91 Å².